The Labute approximate surface area is 354 Å². The van der Waals surface area contributed by atoms with Crippen LogP contribution in [-0.2, 0) is 19.0 Å². The molecular formula is C43H42FN9O9. The Balaban J connectivity index is 1.34. The Kier molecular flexibility index (Phi) is 14.4. The summed E-state index contributed by atoms with van der Waals surface area (Å²) in [5, 5.41) is 7.89. The number of carbonyl (C=O) groups excluding carboxylic acids is 3. The molecule has 1 atom stereocenters. The lowest BCUT2D eigenvalue weighted by molar-refractivity contribution is -0.163. The van der Waals surface area contributed by atoms with Gasteiger partial charge in [-0.1, -0.05) is 18.2 Å². The van der Waals surface area contributed by atoms with Gasteiger partial charge in [0.1, 0.15) is 30.8 Å². The van der Waals surface area contributed by atoms with Crippen LogP contribution in [0.25, 0.3) is 5.95 Å². The molecule has 0 aliphatic rings. The van der Waals surface area contributed by atoms with Gasteiger partial charge in [0.05, 0.1) is 24.7 Å². The lowest BCUT2D eigenvalue weighted by Gasteiger charge is -2.21. The predicted octanol–water partition coefficient (Wildman–Crippen LogP) is 5.14. The van der Waals surface area contributed by atoms with Gasteiger partial charge in [0.15, 0.2) is 17.4 Å². The summed E-state index contributed by atoms with van der Waals surface area (Å²) in [6.07, 6.45) is 5.86. The topological polar surface area (TPSA) is 226 Å². The molecule has 1 amide bonds. The van der Waals surface area contributed by atoms with Gasteiger partial charge < -0.3 is 39.5 Å². The van der Waals surface area contributed by atoms with Crippen LogP contribution in [0, 0.1) is 11.2 Å². The van der Waals surface area contributed by atoms with E-state index in [-0.39, 0.29) is 66.1 Å². The van der Waals surface area contributed by atoms with Crippen LogP contribution in [0.5, 0.6) is 17.5 Å². The molecule has 3 aromatic heterocycles. The summed E-state index contributed by atoms with van der Waals surface area (Å²) in [7, 11) is 2.86. The number of pyridine rings is 1. The van der Waals surface area contributed by atoms with Crippen LogP contribution >= 0.6 is 0 Å². The number of nitrogens with one attached hydrogen (secondary N) is 1. The zero-order chi connectivity index (χ0) is 44.1. The first-order valence-electron chi connectivity index (χ1n) is 18.9. The first-order valence-corrected chi connectivity index (χ1v) is 18.9. The first-order chi connectivity index (χ1) is 30.0. The summed E-state index contributed by atoms with van der Waals surface area (Å²) in [6.45, 7) is 2.40. The Bertz CT molecular complexity index is 2490. The van der Waals surface area contributed by atoms with Crippen LogP contribution in [0.4, 0.5) is 10.1 Å². The molecule has 18 nitrogen and oxygen atoms in total. The summed E-state index contributed by atoms with van der Waals surface area (Å²) >= 11 is 0. The third kappa shape index (κ3) is 11.1. The molecule has 3 aromatic carbocycles. The second-order valence-corrected chi connectivity index (χ2v) is 13.8. The molecule has 0 aliphatic heterocycles. The van der Waals surface area contributed by atoms with Crippen molar-refractivity contribution in [3.63, 3.8) is 0 Å². The van der Waals surface area contributed by atoms with E-state index >= 15 is 4.39 Å². The number of halogens is 1. The Hall–Kier alpha value is -7.80. The van der Waals surface area contributed by atoms with Crippen molar-refractivity contribution in [2.45, 2.75) is 19.9 Å². The molecule has 0 saturated carbocycles. The van der Waals surface area contributed by atoms with Crippen LogP contribution in [0.2, 0.25) is 0 Å². The second kappa shape index (κ2) is 20.4. The van der Waals surface area contributed by atoms with E-state index in [1.165, 1.54) is 63.3 Å². The standard InChI is InChI=1S/C43H42FN9O9/c1-43(2,25-57-3)40(56)61-26-62-42-51-37(52-53(42)41-47-17-8-18-48-41)35(49-30-13-11-27(12-14-30)36(45)50-38(54)28-9-6-5-7-10-28)32-23-31(58-4)24-33(34(32)44)59-21-22-60-39(55)29-15-19-46-20-16-29/h5-20,23-24,35,49H,21-22,25-26H2,1-4H3,(H2,45,50,54)/t35-/m1/s1. The summed E-state index contributed by atoms with van der Waals surface area (Å²) < 4.78 is 51.0. The number of benzene rings is 3. The maximum absolute atomic E-state index is 16.8. The van der Waals surface area contributed by atoms with Gasteiger partial charge in [-0.3, -0.25) is 14.6 Å². The quantitative estimate of drug-likeness (QED) is 0.0354. The molecule has 6 rings (SSSR count). The largest absolute Gasteiger partial charge is 0.497 e. The number of amidine groups is 1. The average Bonchev–Trinajstić information content (AvgIpc) is 3.72. The molecule has 0 radical (unpaired) electrons. The van der Waals surface area contributed by atoms with Gasteiger partial charge in [0.2, 0.25) is 6.79 Å². The molecule has 3 N–H and O–H groups in total. The van der Waals surface area contributed by atoms with Gasteiger partial charge in [-0.05, 0) is 74.5 Å². The fraction of sp³-hybridized carbons (Fsp3) is 0.233. The summed E-state index contributed by atoms with van der Waals surface area (Å²) in [4.78, 5) is 59.1. The van der Waals surface area contributed by atoms with E-state index in [2.05, 4.69) is 35.3 Å². The van der Waals surface area contributed by atoms with Crippen molar-refractivity contribution in [2.75, 3.05) is 46.1 Å². The molecule has 0 bridgehead atoms. The van der Waals surface area contributed by atoms with Crippen molar-refractivity contribution in [3.8, 4) is 23.5 Å². The average molecular weight is 848 g/mol. The van der Waals surface area contributed by atoms with Crippen molar-refractivity contribution < 1.29 is 47.2 Å². The van der Waals surface area contributed by atoms with Crippen molar-refractivity contribution in [1.82, 2.24) is 29.7 Å². The molecule has 0 unspecified atom stereocenters. The molecular weight excluding hydrogens is 806 g/mol. The van der Waals surface area contributed by atoms with Crippen LogP contribution in [0.3, 0.4) is 0 Å². The number of aliphatic imine (C=N–C) groups is 1. The second-order valence-electron chi connectivity index (χ2n) is 13.8. The van der Waals surface area contributed by atoms with Crippen molar-refractivity contribution in [3.05, 3.63) is 144 Å². The fourth-order valence-electron chi connectivity index (χ4n) is 5.70. The number of methoxy groups -OCH3 is 2. The maximum Gasteiger partial charge on any atom is 0.338 e. The van der Waals surface area contributed by atoms with Crippen LogP contribution in [0.15, 0.2) is 115 Å². The molecule has 6 aromatic rings. The summed E-state index contributed by atoms with van der Waals surface area (Å²) in [5.41, 5.74) is 6.72. The highest BCUT2D eigenvalue weighted by molar-refractivity contribution is 6.08. The van der Waals surface area contributed by atoms with Gasteiger partial charge in [-0.25, -0.2) is 19.2 Å². The summed E-state index contributed by atoms with van der Waals surface area (Å²) in [6, 6.07) is 21.0. The van der Waals surface area contributed by atoms with E-state index in [9.17, 15) is 14.4 Å². The van der Waals surface area contributed by atoms with Gasteiger partial charge in [-0.15, -0.1) is 9.78 Å². The number of rotatable bonds is 19. The lowest BCUT2D eigenvalue weighted by atomic mass is 9.95. The highest BCUT2D eigenvalue weighted by Crippen LogP contribution is 2.36. The Morgan fingerprint density at radius 3 is 2.27 bits per heavy atom. The van der Waals surface area contributed by atoms with Gasteiger partial charge in [0, 0.05) is 60.3 Å². The minimum Gasteiger partial charge on any atom is -0.497 e. The predicted molar refractivity (Wildman–Crippen MR) is 221 cm³/mol. The molecule has 320 valence electrons. The third-order valence-corrected chi connectivity index (χ3v) is 8.84. The molecule has 62 heavy (non-hydrogen) atoms. The van der Waals surface area contributed by atoms with E-state index in [1.54, 1.807) is 74.5 Å². The number of aromatic nitrogens is 6. The monoisotopic (exact) mass is 847 g/mol. The molecule has 0 saturated heterocycles. The first kappa shape index (κ1) is 43.8. The number of hydrogen-bond donors (Lipinski definition) is 2. The molecule has 0 spiro atoms. The van der Waals surface area contributed by atoms with Crippen molar-refractivity contribution in [1.29, 1.82) is 0 Å². The molecule has 19 heteroatoms. The minimum absolute atomic E-state index is 0.0228. The van der Waals surface area contributed by atoms with Crippen molar-refractivity contribution in [2.24, 2.45) is 16.1 Å². The number of amides is 1. The number of anilines is 1. The van der Waals surface area contributed by atoms with Crippen LogP contribution < -0.4 is 25.3 Å². The van der Waals surface area contributed by atoms with E-state index in [0.29, 0.717) is 16.8 Å². The van der Waals surface area contributed by atoms with E-state index < -0.39 is 41.9 Å². The third-order valence-electron chi connectivity index (χ3n) is 8.84. The van der Waals surface area contributed by atoms with Crippen LogP contribution in [-0.4, -0.2) is 94.2 Å². The lowest BCUT2D eigenvalue weighted by Crippen LogP contribution is -2.32. The van der Waals surface area contributed by atoms with Crippen molar-refractivity contribution >= 4 is 29.4 Å². The molecule has 3 heterocycles. The number of esters is 2. The Morgan fingerprint density at radius 1 is 0.855 bits per heavy atom. The molecule has 0 aliphatic carbocycles. The highest BCUT2D eigenvalue weighted by atomic mass is 19.1. The number of nitrogens with zero attached hydrogens (tertiary/aromatic N) is 7. The number of carbonyl (C=O) groups is 3. The minimum atomic E-state index is -1.22. The maximum atomic E-state index is 16.8. The van der Waals surface area contributed by atoms with Gasteiger partial charge in [0.25, 0.3) is 11.9 Å². The van der Waals surface area contributed by atoms with E-state index in [4.69, 9.17) is 34.2 Å². The van der Waals surface area contributed by atoms with Crippen LogP contribution in [0.1, 0.15) is 57.6 Å². The van der Waals surface area contributed by atoms with E-state index in [1.807, 2.05) is 0 Å². The Morgan fingerprint density at radius 2 is 1.58 bits per heavy atom. The number of ether oxygens (including phenoxy) is 6. The zero-order valence-corrected chi connectivity index (χ0v) is 34.1. The SMILES string of the molecule is COCC(C)(C)C(=O)OCOc1nc([C@H](Nc2ccc(/C(N)=N/C(=O)c3ccccc3)cc2)c2cc(OC)cc(OCCOC(=O)c3ccncc3)c2F)nn1-c1ncccn1. The summed E-state index contributed by atoms with van der Waals surface area (Å²) in [5.74, 6) is -2.63. The van der Waals surface area contributed by atoms with Gasteiger partial charge >= 0.3 is 17.9 Å². The normalized spacial score (nSPS) is 11.9. The molecule has 0 fully saturated rings. The number of hydrogen-bond acceptors (Lipinski definition) is 15. The van der Waals surface area contributed by atoms with E-state index in [0.717, 1.165) is 4.68 Å². The zero-order valence-electron chi connectivity index (χ0n) is 34.1. The fourth-order valence-corrected chi connectivity index (χ4v) is 5.70. The van der Waals surface area contributed by atoms with Gasteiger partial charge in [-0.2, -0.15) is 9.98 Å². The smallest absolute Gasteiger partial charge is 0.338 e. The highest BCUT2D eigenvalue weighted by Gasteiger charge is 2.31. The number of nitrogens with two attached hydrogens (primary N) is 1.